The van der Waals surface area contributed by atoms with Crippen molar-refractivity contribution in [3.8, 4) is 0 Å². The molecule has 0 nitrogen and oxygen atoms in total. The Balaban J connectivity index is 2.98. The standard InChI is InChI=1S/C18H33/c1-3-5-7-9-11-13-15-17-18-16-14-12-10-8-6-4-2/h3,5,8,10H,1,4,6-7,9,11-18H2,2H3. The minimum absolute atomic E-state index is 1.22. The Morgan fingerprint density at radius 2 is 1.06 bits per heavy atom. The van der Waals surface area contributed by atoms with E-state index in [1.54, 1.807) is 0 Å². The third-order valence-electron chi connectivity index (χ3n) is 3.28. The molecule has 0 bridgehead atoms. The highest BCUT2D eigenvalue weighted by Crippen LogP contribution is 2.11. The Labute approximate surface area is 116 Å². The largest absolute Gasteiger partial charge is 0.0885 e. The average molecular weight is 249 g/mol. The van der Waals surface area contributed by atoms with Crippen molar-refractivity contribution in [3.63, 3.8) is 0 Å². The summed E-state index contributed by atoms with van der Waals surface area (Å²) >= 11 is 0. The van der Waals surface area contributed by atoms with Crippen LogP contribution in [0.3, 0.4) is 0 Å². The Kier molecular flexibility index (Phi) is 16.0. The fraction of sp³-hybridized carbons (Fsp3) is 0.722. The Morgan fingerprint density at radius 3 is 1.56 bits per heavy atom. The Morgan fingerprint density at radius 1 is 0.611 bits per heavy atom. The molecule has 0 heteroatoms. The van der Waals surface area contributed by atoms with Gasteiger partial charge in [0.05, 0.1) is 0 Å². The number of hydrogen-bond donors (Lipinski definition) is 0. The van der Waals surface area contributed by atoms with Gasteiger partial charge < -0.3 is 0 Å². The molecule has 0 aromatic rings. The van der Waals surface area contributed by atoms with Crippen LogP contribution in [0.1, 0.15) is 84.0 Å². The van der Waals surface area contributed by atoms with E-state index < -0.39 is 0 Å². The van der Waals surface area contributed by atoms with Crippen LogP contribution in [0.2, 0.25) is 0 Å². The third kappa shape index (κ3) is 15.5. The summed E-state index contributed by atoms with van der Waals surface area (Å²) in [4.78, 5) is 0. The van der Waals surface area contributed by atoms with Crippen molar-refractivity contribution >= 4 is 0 Å². The summed E-state index contributed by atoms with van der Waals surface area (Å²) in [6, 6.07) is 0. The molecular weight excluding hydrogens is 216 g/mol. The van der Waals surface area contributed by atoms with Gasteiger partial charge in [-0.15, -0.1) is 0 Å². The van der Waals surface area contributed by atoms with Gasteiger partial charge in [-0.2, -0.15) is 0 Å². The van der Waals surface area contributed by atoms with Crippen LogP contribution in [0.25, 0.3) is 0 Å². The second-order valence-corrected chi connectivity index (χ2v) is 5.14. The maximum atomic E-state index is 3.70. The monoisotopic (exact) mass is 249 g/mol. The van der Waals surface area contributed by atoms with Gasteiger partial charge in [0.15, 0.2) is 0 Å². The summed E-state index contributed by atoms with van der Waals surface area (Å²) in [5.41, 5.74) is 0. The van der Waals surface area contributed by atoms with E-state index in [4.69, 9.17) is 0 Å². The summed E-state index contributed by atoms with van der Waals surface area (Å²) in [6.07, 6.45) is 25.1. The molecule has 0 saturated heterocycles. The molecule has 0 amide bonds. The topological polar surface area (TPSA) is 0 Å². The molecule has 0 aromatic heterocycles. The molecule has 0 aliphatic rings. The SMILES string of the molecule is [CH2]C=CCCCCCCCCCCC=CCCC. The minimum Gasteiger partial charge on any atom is -0.0885 e. The van der Waals surface area contributed by atoms with E-state index in [1.165, 1.54) is 77.0 Å². The second-order valence-electron chi connectivity index (χ2n) is 5.14. The van der Waals surface area contributed by atoms with Crippen molar-refractivity contribution in [1.82, 2.24) is 0 Å². The van der Waals surface area contributed by atoms with Gasteiger partial charge in [-0.1, -0.05) is 76.2 Å². The first-order valence-electron chi connectivity index (χ1n) is 8.01. The average Bonchev–Trinajstić information content (AvgIpc) is 2.39. The van der Waals surface area contributed by atoms with E-state index in [1.807, 2.05) is 6.08 Å². The molecule has 0 aliphatic carbocycles. The maximum absolute atomic E-state index is 3.70. The molecule has 0 spiro atoms. The highest BCUT2D eigenvalue weighted by Gasteiger charge is 1.91. The lowest BCUT2D eigenvalue weighted by atomic mass is 10.1. The predicted molar refractivity (Wildman–Crippen MR) is 84.7 cm³/mol. The van der Waals surface area contributed by atoms with Crippen LogP contribution < -0.4 is 0 Å². The van der Waals surface area contributed by atoms with E-state index >= 15 is 0 Å². The van der Waals surface area contributed by atoms with Gasteiger partial charge in [-0.05, 0) is 39.0 Å². The zero-order valence-corrected chi connectivity index (χ0v) is 12.5. The van der Waals surface area contributed by atoms with Gasteiger partial charge >= 0.3 is 0 Å². The van der Waals surface area contributed by atoms with Gasteiger partial charge in [-0.25, -0.2) is 0 Å². The third-order valence-corrected chi connectivity index (χ3v) is 3.28. The van der Waals surface area contributed by atoms with Gasteiger partial charge in [0, 0.05) is 0 Å². The van der Waals surface area contributed by atoms with Gasteiger partial charge in [0.2, 0.25) is 0 Å². The van der Waals surface area contributed by atoms with Crippen molar-refractivity contribution in [2.45, 2.75) is 84.0 Å². The zero-order chi connectivity index (χ0) is 13.3. The first kappa shape index (κ1) is 17.5. The molecular formula is C18H33. The van der Waals surface area contributed by atoms with Crippen molar-refractivity contribution in [2.24, 2.45) is 0 Å². The summed E-state index contributed by atoms with van der Waals surface area (Å²) in [5.74, 6) is 0. The van der Waals surface area contributed by atoms with Crippen LogP contribution in [0.15, 0.2) is 24.3 Å². The Bertz CT molecular complexity index is 188. The molecule has 0 heterocycles. The first-order chi connectivity index (χ1) is 8.91. The maximum Gasteiger partial charge on any atom is -0.0316 e. The minimum atomic E-state index is 1.22. The van der Waals surface area contributed by atoms with Crippen LogP contribution in [0, 0.1) is 6.92 Å². The van der Waals surface area contributed by atoms with E-state index in [2.05, 4.69) is 32.1 Å². The molecule has 105 valence electrons. The quantitative estimate of drug-likeness (QED) is 0.254. The van der Waals surface area contributed by atoms with Gasteiger partial charge in [0.1, 0.15) is 0 Å². The second kappa shape index (κ2) is 16.5. The fourth-order valence-electron chi connectivity index (χ4n) is 2.11. The highest BCUT2D eigenvalue weighted by molar-refractivity contribution is 4.83. The normalized spacial score (nSPS) is 11.9. The van der Waals surface area contributed by atoms with Crippen molar-refractivity contribution in [1.29, 1.82) is 0 Å². The van der Waals surface area contributed by atoms with Crippen LogP contribution in [-0.4, -0.2) is 0 Å². The number of hydrogen-bond acceptors (Lipinski definition) is 0. The predicted octanol–water partition coefficient (Wildman–Crippen LogP) is 6.63. The zero-order valence-electron chi connectivity index (χ0n) is 12.5. The molecule has 0 saturated carbocycles. The van der Waals surface area contributed by atoms with Crippen LogP contribution in [0.5, 0.6) is 0 Å². The lowest BCUT2D eigenvalue weighted by molar-refractivity contribution is 0.571. The van der Waals surface area contributed by atoms with Crippen molar-refractivity contribution < 1.29 is 0 Å². The first-order valence-corrected chi connectivity index (χ1v) is 8.01. The van der Waals surface area contributed by atoms with Gasteiger partial charge in [0.25, 0.3) is 0 Å². The van der Waals surface area contributed by atoms with E-state index in [9.17, 15) is 0 Å². The number of allylic oxidation sites excluding steroid dienone is 4. The summed E-state index contributed by atoms with van der Waals surface area (Å²) < 4.78 is 0. The molecule has 0 fully saturated rings. The molecule has 0 unspecified atom stereocenters. The lowest BCUT2D eigenvalue weighted by Crippen LogP contribution is -1.81. The van der Waals surface area contributed by atoms with Crippen LogP contribution in [-0.2, 0) is 0 Å². The van der Waals surface area contributed by atoms with Crippen LogP contribution in [0.4, 0.5) is 0 Å². The molecule has 0 rings (SSSR count). The molecule has 0 aliphatic heterocycles. The summed E-state index contributed by atoms with van der Waals surface area (Å²) in [5, 5.41) is 0. The number of unbranched alkanes of at least 4 members (excludes halogenated alkanes) is 10. The summed E-state index contributed by atoms with van der Waals surface area (Å²) in [6.45, 7) is 5.94. The van der Waals surface area contributed by atoms with Crippen LogP contribution >= 0.6 is 0 Å². The Hall–Kier alpha value is -0.520. The van der Waals surface area contributed by atoms with Crippen molar-refractivity contribution in [3.05, 3.63) is 31.2 Å². The fourth-order valence-corrected chi connectivity index (χ4v) is 2.11. The highest BCUT2D eigenvalue weighted by atomic mass is 14.0. The van der Waals surface area contributed by atoms with Gasteiger partial charge in [-0.3, -0.25) is 0 Å². The molecule has 0 N–H and O–H groups in total. The molecule has 0 aromatic carbocycles. The lowest BCUT2D eigenvalue weighted by Gasteiger charge is -2.00. The summed E-state index contributed by atoms with van der Waals surface area (Å²) in [7, 11) is 0. The number of rotatable bonds is 13. The van der Waals surface area contributed by atoms with E-state index in [-0.39, 0.29) is 0 Å². The molecule has 1 radical (unpaired) electrons. The van der Waals surface area contributed by atoms with E-state index in [0.717, 1.165) is 0 Å². The molecule has 18 heavy (non-hydrogen) atoms. The molecule has 0 atom stereocenters. The van der Waals surface area contributed by atoms with E-state index in [0.29, 0.717) is 0 Å². The van der Waals surface area contributed by atoms with Crippen molar-refractivity contribution in [2.75, 3.05) is 0 Å². The smallest absolute Gasteiger partial charge is 0.0316 e.